The molecule has 33 heavy (non-hydrogen) atoms. The van der Waals surface area contributed by atoms with Gasteiger partial charge in [0.2, 0.25) is 7.11 Å². The summed E-state index contributed by atoms with van der Waals surface area (Å²) in [6.45, 7) is 23.2. The quantitative estimate of drug-likeness (QED) is 0.213. The zero-order chi connectivity index (χ0) is 24.4. The fourth-order valence-electron chi connectivity index (χ4n) is 2.95. The Labute approximate surface area is 244 Å². The molecule has 2 saturated heterocycles. The average molecular weight is 825 g/mol. The number of hydrogen-bond acceptors (Lipinski definition) is 9. The summed E-state index contributed by atoms with van der Waals surface area (Å²) in [6.07, 6.45) is 1.22. The molecule has 0 saturated carbocycles. The van der Waals surface area contributed by atoms with Crippen LogP contribution in [0.15, 0.2) is 49.1 Å². The van der Waals surface area contributed by atoms with E-state index in [1.54, 1.807) is 29.9 Å². The molecule has 0 aromatic carbocycles. The molecular formula is C17H35N2O6SSi5UV+. The molecule has 183 valence electrons. The van der Waals surface area contributed by atoms with Crippen molar-refractivity contribution >= 4 is 53.2 Å². The van der Waals surface area contributed by atoms with Crippen molar-refractivity contribution in [2.45, 2.75) is 38.7 Å². The van der Waals surface area contributed by atoms with Crippen LogP contribution in [-0.4, -0.2) is 54.8 Å². The Morgan fingerprint density at radius 2 is 1.12 bits per heavy atom. The van der Waals surface area contributed by atoms with Crippen LogP contribution < -0.4 is 0 Å². The second-order valence-corrected chi connectivity index (χ2v) is 26.3. The van der Waals surface area contributed by atoms with Crippen molar-refractivity contribution in [3.8, 4) is 0 Å². The topological polar surface area (TPSA) is 103 Å². The second kappa shape index (κ2) is 16.8. The summed E-state index contributed by atoms with van der Waals surface area (Å²) < 4.78 is 35.3. The van der Waals surface area contributed by atoms with Gasteiger partial charge in [0.15, 0.2) is 0 Å². The van der Waals surface area contributed by atoms with E-state index in [1.165, 1.54) is 12.2 Å². The summed E-state index contributed by atoms with van der Waals surface area (Å²) >= 11 is 1.82. The molecule has 2 aliphatic heterocycles. The standard InChI is InChI=1S/C12H24O4Si4.C5H11O2SSi.N2.U.V/c1-9-17(5)13-18(6,10-2)15-20(8,12-4)16-19(7,11-3)14-17;1-6-9(7-2)5-3-4-8-9;1-2;;/h9-12H,1-4H2,5-8H3;1,3-5H2,2H3;;;/q;+1;;;. The minimum atomic E-state index is -2.60. The van der Waals surface area contributed by atoms with Gasteiger partial charge >= 0.3 is 42.0 Å². The molecule has 0 aromatic heterocycles. The molecule has 1 unspecified atom stereocenters. The first kappa shape index (κ1) is 38.6. The van der Waals surface area contributed by atoms with Gasteiger partial charge in [-0.15, -0.1) is 37.5 Å². The maximum Gasteiger partial charge on any atom is 0.460 e. The van der Waals surface area contributed by atoms with Crippen molar-refractivity contribution in [3.05, 3.63) is 56.2 Å². The van der Waals surface area contributed by atoms with Crippen LogP contribution in [0.4, 0.5) is 0 Å². The van der Waals surface area contributed by atoms with Crippen molar-refractivity contribution in [3.63, 3.8) is 0 Å². The third-order valence-electron chi connectivity index (χ3n) is 4.58. The first-order valence-corrected chi connectivity index (χ1v) is 22.9. The van der Waals surface area contributed by atoms with Gasteiger partial charge in [-0.2, -0.15) is 0 Å². The molecule has 2 heterocycles. The fourth-order valence-corrected chi connectivity index (χ4v) is 25.8. The Kier molecular flexibility index (Phi) is 19.6. The summed E-state index contributed by atoms with van der Waals surface area (Å²) in [6, 6.07) is 1.09. The van der Waals surface area contributed by atoms with Gasteiger partial charge in [-0.1, -0.05) is 22.8 Å². The van der Waals surface area contributed by atoms with Crippen LogP contribution >= 0.6 is 11.2 Å². The summed E-state index contributed by atoms with van der Waals surface area (Å²) in [5.74, 6) is 1.18. The second-order valence-electron chi connectivity index (χ2n) is 7.27. The van der Waals surface area contributed by atoms with Gasteiger partial charge in [-0.05, 0) is 38.4 Å². The van der Waals surface area contributed by atoms with Gasteiger partial charge in [0, 0.05) is 73.6 Å². The Balaban J connectivity index is -0.000000584. The number of hydrogen-bond donors (Lipinski definition) is 0. The smallest absolute Gasteiger partial charge is 0.410 e. The number of rotatable bonds is 6. The van der Waals surface area contributed by atoms with Gasteiger partial charge in [-0.3, -0.25) is 0 Å². The molecule has 0 bridgehead atoms. The molecule has 16 heteroatoms. The maximum atomic E-state index is 6.25. The zero-order valence-electron chi connectivity index (χ0n) is 20.2. The largest absolute Gasteiger partial charge is 0.460 e. The van der Waals surface area contributed by atoms with E-state index in [0.717, 1.165) is 6.04 Å². The predicted molar refractivity (Wildman–Crippen MR) is 136 cm³/mol. The van der Waals surface area contributed by atoms with E-state index < -0.39 is 42.0 Å². The molecule has 0 aliphatic carbocycles. The van der Waals surface area contributed by atoms with E-state index in [4.69, 9.17) is 36.1 Å². The van der Waals surface area contributed by atoms with Crippen molar-refractivity contribution in [2.24, 2.45) is 0 Å². The third kappa shape index (κ3) is 11.8. The molecule has 0 aromatic rings. The predicted octanol–water partition coefficient (Wildman–Crippen LogP) is 4.80. The van der Waals surface area contributed by atoms with Gasteiger partial charge in [0.25, 0.3) is 0 Å². The molecule has 0 spiro atoms. The Bertz CT molecular complexity index is 581. The fraction of sp³-hybridized carbons (Fsp3) is 0.471. The van der Waals surface area contributed by atoms with Crippen LogP contribution in [0.1, 0.15) is 6.42 Å². The molecule has 1 radical (unpaired) electrons. The van der Waals surface area contributed by atoms with E-state index in [1.807, 2.05) is 37.4 Å². The molecule has 8 nitrogen and oxygen atoms in total. The molecule has 2 fully saturated rings. The monoisotopic (exact) mass is 824 g/mol. The summed E-state index contributed by atoms with van der Waals surface area (Å²) in [4.78, 5) is 0. The van der Waals surface area contributed by atoms with Crippen molar-refractivity contribution in [2.75, 3.05) is 12.9 Å². The minimum Gasteiger partial charge on any atom is -0.410 e. The molecule has 0 amide bonds. The van der Waals surface area contributed by atoms with Crippen LogP contribution in [0.5, 0.6) is 0 Å². The Hall–Kier alpha value is 1.08. The van der Waals surface area contributed by atoms with Gasteiger partial charge in [-0.25, -0.2) is 4.43 Å². The summed E-state index contributed by atoms with van der Waals surface area (Å²) in [5.41, 5.74) is 7.01. The van der Waals surface area contributed by atoms with E-state index in [9.17, 15) is 0 Å². The van der Waals surface area contributed by atoms with Crippen LogP contribution in [0.3, 0.4) is 0 Å². The van der Waals surface area contributed by atoms with E-state index in [0.29, 0.717) is 0 Å². The van der Waals surface area contributed by atoms with Crippen molar-refractivity contribution in [1.29, 1.82) is 10.8 Å². The molecule has 2 rings (SSSR count). The van der Waals surface area contributed by atoms with Crippen LogP contribution in [0.25, 0.3) is 0 Å². The van der Waals surface area contributed by atoms with Crippen LogP contribution in [-0.2, 0) is 43.9 Å². The van der Waals surface area contributed by atoms with Crippen molar-refractivity contribution in [1.82, 2.24) is 0 Å². The minimum absolute atomic E-state index is 0. The summed E-state index contributed by atoms with van der Waals surface area (Å²) in [7, 11) is -7.02. The van der Waals surface area contributed by atoms with Crippen LogP contribution in [0, 0.1) is 49.0 Å². The van der Waals surface area contributed by atoms with Gasteiger partial charge < -0.3 is 20.9 Å². The molecule has 1 atom stereocenters. The van der Waals surface area contributed by atoms with Crippen LogP contribution in [0.2, 0.25) is 32.2 Å². The zero-order valence-corrected chi connectivity index (χ0v) is 31.5. The molecule has 0 N–H and O–H groups in total. The Morgan fingerprint density at radius 1 is 0.818 bits per heavy atom. The van der Waals surface area contributed by atoms with E-state index in [2.05, 4.69) is 33.4 Å². The molecular weight excluding hydrogens is 790 g/mol. The normalized spacial score (nSPS) is 37.4. The first-order valence-electron chi connectivity index (χ1n) is 9.57. The average Bonchev–Trinajstić information content (AvgIpc) is 3.24. The number of nitrogens with zero attached hydrogens (tertiary/aromatic N) is 2. The van der Waals surface area contributed by atoms with Crippen molar-refractivity contribution < 1.29 is 75.0 Å². The SMILES string of the molecule is C=C[Si]1(C)O[Si](C)(C=C)O[Si](C)(C=C)O[Si](C)(C=C)O1.N#N.[CH2+]O[Si]1(OC)CCCS1.[U].[V]. The summed E-state index contributed by atoms with van der Waals surface area (Å²) in [5, 5.41) is 12.0. The molecule has 2 aliphatic rings. The van der Waals surface area contributed by atoms with E-state index in [-0.39, 0.29) is 49.7 Å². The Morgan fingerprint density at radius 3 is 1.24 bits per heavy atom. The first-order chi connectivity index (χ1) is 14.4. The van der Waals surface area contributed by atoms with Gasteiger partial charge in [0.05, 0.1) is 0 Å². The van der Waals surface area contributed by atoms with E-state index >= 15 is 0 Å². The van der Waals surface area contributed by atoms with Gasteiger partial charge in [0.1, 0.15) is 0 Å². The maximum absolute atomic E-state index is 6.25. The third-order valence-corrected chi connectivity index (χ3v) is 26.9.